The van der Waals surface area contributed by atoms with Gasteiger partial charge in [0.05, 0.1) is 4.90 Å². The van der Waals surface area contributed by atoms with Crippen LogP contribution in [0.3, 0.4) is 0 Å². The van der Waals surface area contributed by atoms with Crippen molar-refractivity contribution in [1.29, 1.82) is 0 Å². The molecular weight excluding hydrogens is 342 g/mol. The van der Waals surface area contributed by atoms with Crippen LogP contribution in [-0.4, -0.2) is 26.6 Å². The minimum Gasteiger partial charge on any atom is -0.408 e. The highest BCUT2D eigenvalue weighted by Crippen LogP contribution is 2.19. The van der Waals surface area contributed by atoms with Crippen molar-refractivity contribution in [2.75, 3.05) is 4.72 Å². The molecule has 3 N–H and O–H groups in total. The molecular formula is C17H21NO4SSi. The van der Waals surface area contributed by atoms with E-state index in [1.54, 1.807) is 56.3 Å². The molecule has 0 aromatic heterocycles. The molecule has 2 aromatic carbocycles. The van der Waals surface area contributed by atoms with Crippen LogP contribution in [0.1, 0.15) is 19.4 Å². The zero-order chi connectivity index (χ0) is 17.8. The zero-order valence-corrected chi connectivity index (χ0v) is 15.4. The third kappa shape index (κ3) is 4.78. The minimum atomic E-state index is -3.65. The van der Waals surface area contributed by atoms with E-state index in [9.17, 15) is 18.0 Å². The third-order valence-electron chi connectivity index (χ3n) is 3.59. The molecule has 0 saturated carbocycles. The van der Waals surface area contributed by atoms with Gasteiger partial charge in [-0.05, 0) is 35.5 Å². The molecule has 7 heteroatoms. The number of para-hydroxylation sites is 1. The van der Waals surface area contributed by atoms with Gasteiger partial charge in [0.15, 0.2) is 0 Å². The van der Waals surface area contributed by atoms with E-state index in [2.05, 4.69) is 4.72 Å². The molecule has 0 spiro atoms. The molecule has 0 unspecified atom stereocenters. The molecule has 0 atom stereocenters. The predicted octanol–water partition coefficient (Wildman–Crippen LogP) is 2.88. The highest BCUT2D eigenvalue weighted by atomic mass is 32.2. The summed E-state index contributed by atoms with van der Waals surface area (Å²) in [6.07, 6.45) is 1.60. The van der Waals surface area contributed by atoms with Gasteiger partial charge in [-0.15, -0.1) is 0 Å². The van der Waals surface area contributed by atoms with Gasteiger partial charge in [0.1, 0.15) is 0 Å². The lowest BCUT2D eigenvalue weighted by Gasteiger charge is -2.17. The molecule has 0 fully saturated rings. The number of anilines is 1. The Morgan fingerprint density at radius 2 is 1.58 bits per heavy atom. The first-order chi connectivity index (χ1) is 11.2. The van der Waals surface area contributed by atoms with E-state index >= 15 is 0 Å². The number of hydrogen-bond acceptors (Lipinski definition) is 4. The van der Waals surface area contributed by atoms with E-state index < -0.39 is 18.6 Å². The third-order valence-corrected chi connectivity index (χ3v) is 7.34. The van der Waals surface area contributed by atoms with Crippen LogP contribution in [0.25, 0.3) is 6.08 Å². The molecule has 0 aliphatic rings. The normalized spacial score (nSPS) is 12.7. The monoisotopic (exact) mass is 363 g/mol. The SMILES string of the molecule is CC(C)[Si](O)(O)C=Cc1ccc(S(=O)(=O)Nc2ccccc2)cc1. The van der Waals surface area contributed by atoms with Gasteiger partial charge in [-0.1, -0.05) is 50.3 Å². The van der Waals surface area contributed by atoms with Crippen LogP contribution in [0.5, 0.6) is 0 Å². The van der Waals surface area contributed by atoms with Gasteiger partial charge >= 0.3 is 8.56 Å². The molecule has 0 bridgehead atoms. The van der Waals surface area contributed by atoms with Crippen LogP contribution in [0.2, 0.25) is 5.54 Å². The van der Waals surface area contributed by atoms with Crippen molar-refractivity contribution in [1.82, 2.24) is 0 Å². The topological polar surface area (TPSA) is 86.6 Å². The van der Waals surface area contributed by atoms with Crippen LogP contribution in [0, 0.1) is 0 Å². The van der Waals surface area contributed by atoms with E-state index in [1.165, 1.54) is 17.8 Å². The Bertz CT molecular complexity index is 800. The Morgan fingerprint density at radius 3 is 2.12 bits per heavy atom. The number of rotatable bonds is 6. The Labute approximate surface area is 143 Å². The minimum absolute atomic E-state index is 0.142. The van der Waals surface area contributed by atoms with Gasteiger partial charge in [-0.2, -0.15) is 0 Å². The molecule has 128 valence electrons. The number of hydrogen-bond donors (Lipinski definition) is 3. The van der Waals surface area contributed by atoms with Crippen molar-refractivity contribution in [2.24, 2.45) is 0 Å². The molecule has 0 radical (unpaired) electrons. The maximum atomic E-state index is 12.3. The summed E-state index contributed by atoms with van der Waals surface area (Å²) in [5, 5.41) is 0. The van der Waals surface area contributed by atoms with E-state index in [4.69, 9.17) is 0 Å². The van der Waals surface area contributed by atoms with Gasteiger partial charge < -0.3 is 9.59 Å². The van der Waals surface area contributed by atoms with Crippen LogP contribution >= 0.6 is 0 Å². The lowest BCUT2D eigenvalue weighted by atomic mass is 10.2. The average Bonchev–Trinajstić information content (AvgIpc) is 2.54. The van der Waals surface area contributed by atoms with Gasteiger partial charge in [-0.25, -0.2) is 8.42 Å². The van der Waals surface area contributed by atoms with Crippen molar-refractivity contribution in [3.63, 3.8) is 0 Å². The first kappa shape index (κ1) is 18.4. The fourth-order valence-electron chi connectivity index (χ4n) is 1.89. The Balaban J connectivity index is 2.16. The van der Waals surface area contributed by atoms with Gasteiger partial charge in [0, 0.05) is 11.2 Å². The van der Waals surface area contributed by atoms with Crippen LogP contribution in [0.15, 0.2) is 65.2 Å². The molecule has 0 aliphatic heterocycles. The first-order valence-electron chi connectivity index (χ1n) is 7.52. The maximum Gasteiger partial charge on any atom is 0.362 e. The Morgan fingerprint density at radius 1 is 1.00 bits per heavy atom. The highest BCUT2D eigenvalue weighted by molar-refractivity contribution is 7.92. The highest BCUT2D eigenvalue weighted by Gasteiger charge is 2.29. The molecule has 2 rings (SSSR count). The smallest absolute Gasteiger partial charge is 0.362 e. The van der Waals surface area contributed by atoms with Crippen molar-refractivity contribution < 1.29 is 18.0 Å². The summed E-state index contributed by atoms with van der Waals surface area (Å²) in [6, 6.07) is 14.9. The predicted molar refractivity (Wildman–Crippen MR) is 98.0 cm³/mol. The second-order valence-electron chi connectivity index (χ2n) is 5.81. The molecule has 2 aromatic rings. The first-order valence-corrected chi connectivity index (χ1v) is 11.1. The number of sulfonamides is 1. The molecule has 0 aliphatic carbocycles. The van der Waals surface area contributed by atoms with Crippen molar-refractivity contribution in [3.8, 4) is 0 Å². The summed E-state index contributed by atoms with van der Waals surface area (Å²) in [5.41, 5.74) is 2.40. The Hall–Kier alpha value is -1.93. The number of benzene rings is 2. The Kier molecular flexibility index (Phi) is 5.61. The van der Waals surface area contributed by atoms with E-state index in [0.717, 1.165) is 0 Å². The summed E-state index contributed by atoms with van der Waals surface area (Å²) < 4.78 is 27.1. The van der Waals surface area contributed by atoms with E-state index in [1.807, 2.05) is 6.07 Å². The van der Waals surface area contributed by atoms with Gasteiger partial charge in [0.25, 0.3) is 10.0 Å². The summed E-state index contributed by atoms with van der Waals surface area (Å²) >= 11 is 0. The lowest BCUT2D eigenvalue weighted by molar-refractivity contribution is 0.364. The van der Waals surface area contributed by atoms with Crippen molar-refractivity contribution >= 4 is 30.3 Å². The van der Waals surface area contributed by atoms with E-state index in [0.29, 0.717) is 11.3 Å². The molecule has 5 nitrogen and oxygen atoms in total. The lowest BCUT2D eigenvalue weighted by Crippen LogP contribution is -2.35. The fraction of sp³-hybridized carbons (Fsp3) is 0.176. The largest absolute Gasteiger partial charge is 0.408 e. The number of nitrogens with one attached hydrogen (secondary N) is 1. The quantitative estimate of drug-likeness (QED) is 0.689. The molecule has 0 amide bonds. The molecule has 0 heterocycles. The van der Waals surface area contributed by atoms with E-state index in [-0.39, 0.29) is 10.4 Å². The van der Waals surface area contributed by atoms with Crippen LogP contribution in [0.4, 0.5) is 5.69 Å². The second kappa shape index (κ2) is 7.31. The average molecular weight is 364 g/mol. The summed E-state index contributed by atoms with van der Waals surface area (Å²) in [6.45, 7) is 3.50. The fourth-order valence-corrected chi connectivity index (χ4v) is 3.77. The standard InChI is InChI=1S/C17H21NO4SSi/c1-14(2)24(21,22)13-12-15-8-10-17(11-9-15)23(19,20)18-16-6-4-3-5-7-16/h3-14,18,21-22H,1-2H3. The van der Waals surface area contributed by atoms with Crippen LogP contribution in [-0.2, 0) is 10.0 Å². The van der Waals surface area contributed by atoms with Gasteiger partial charge in [-0.3, -0.25) is 4.72 Å². The maximum absolute atomic E-state index is 12.3. The second-order valence-corrected chi connectivity index (χ2v) is 10.5. The molecule has 0 saturated heterocycles. The van der Waals surface area contributed by atoms with Crippen molar-refractivity contribution in [3.05, 3.63) is 65.9 Å². The molecule has 24 heavy (non-hydrogen) atoms. The van der Waals surface area contributed by atoms with Crippen molar-refractivity contribution in [2.45, 2.75) is 24.3 Å². The van der Waals surface area contributed by atoms with Gasteiger partial charge in [0.2, 0.25) is 0 Å². The summed E-state index contributed by atoms with van der Waals surface area (Å²) in [7, 11) is -7.03. The summed E-state index contributed by atoms with van der Waals surface area (Å²) in [4.78, 5) is 19.9. The zero-order valence-electron chi connectivity index (χ0n) is 13.5. The van der Waals surface area contributed by atoms with Crippen LogP contribution < -0.4 is 4.72 Å². The summed E-state index contributed by atoms with van der Waals surface area (Å²) in [5.74, 6) is 0.